The molecule has 104 valence electrons. The number of nitrogens with one attached hydrogen (secondary N) is 1. The minimum atomic E-state index is -0.454. The maximum atomic E-state index is 9.49. The van der Waals surface area contributed by atoms with Crippen LogP contribution >= 0.6 is 11.3 Å². The molecule has 0 bridgehead atoms. The second kappa shape index (κ2) is 8.42. The molecule has 0 fully saturated rings. The summed E-state index contributed by atoms with van der Waals surface area (Å²) in [6, 6.07) is 0. The van der Waals surface area contributed by atoms with Crippen molar-refractivity contribution in [1.82, 2.24) is 10.3 Å². The molecule has 1 unspecified atom stereocenters. The zero-order chi connectivity index (χ0) is 13.4. The van der Waals surface area contributed by atoms with Crippen molar-refractivity contribution in [2.75, 3.05) is 38.3 Å². The van der Waals surface area contributed by atoms with E-state index in [-0.39, 0.29) is 0 Å². The number of aliphatic hydroxyl groups excluding tert-OH is 1. The van der Waals surface area contributed by atoms with Gasteiger partial charge in [0.05, 0.1) is 12.7 Å². The van der Waals surface area contributed by atoms with Gasteiger partial charge in [0.25, 0.3) is 0 Å². The molecule has 0 amide bonds. The summed E-state index contributed by atoms with van der Waals surface area (Å²) in [5, 5.41) is 13.7. The van der Waals surface area contributed by atoms with Crippen molar-refractivity contribution >= 4 is 16.5 Å². The molecule has 0 spiro atoms. The molecule has 0 aliphatic heterocycles. The second-order valence-corrected chi connectivity index (χ2v) is 5.12. The average Bonchev–Trinajstić information content (AvgIpc) is 2.80. The smallest absolute Gasteiger partial charge is 0.185 e. The number of aromatic nitrogens is 1. The van der Waals surface area contributed by atoms with E-state index >= 15 is 0 Å². The number of anilines is 1. The summed E-state index contributed by atoms with van der Waals surface area (Å²) in [5.41, 5.74) is 0. The second-order valence-electron chi connectivity index (χ2n) is 4.02. The van der Waals surface area contributed by atoms with Crippen LogP contribution in [0, 0.1) is 0 Å². The van der Waals surface area contributed by atoms with E-state index < -0.39 is 6.10 Å². The van der Waals surface area contributed by atoms with Crippen LogP contribution in [-0.2, 0) is 11.3 Å². The zero-order valence-corrected chi connectivity index (χ0v) is 12.2. The molecule has 2 N–H and O–H groups in total. The summed E-state index contributed by atoms with van der Waals surface area (Å²) in [4.78, 5) is 7.82. The van der Waals surface area contributed by atoms with Crippen LogP contribution in [0.1, 0.15) is 18.7 Å². The number of ether oxygens (including phenoxy) is 1. The zero-order valence-electron chi connectivity index (χ0n) is 11.3. The first kappa shape index (κ1) is 15.4. The van der Waals surface area contributed by atoms with E-state index in [0.29, 0.717) is 13.2 Å². The summed E-state index contributed by atoms with van der Waals surface area (Å²) in [5.74, 6) is 0. The number of hydrogen-bond donors (Lipinski definition) is 2. The van der Waals surface area contributed by atoms with E-state index in [0.717, 1.165) is 24.8 Å². The van der Waals surface area contributed by atoms with Crippen molar-refractivity contribution in [3.05, 3.63) is 11.1 Å². The Morgan fingerprint density at radius 3 is 2.83 bits per heavy atom. The van der Waals surface area contributed by atoms with Gasteiger partial charge < -0.3 is 20.1 Å². The summed E-state index contributed by atoms with van der Waals surface area (Å²) >= 11 is 1.69. The molecule has 0 aliphatic rings. The SMILES string of the molecule is CCN(CC)c1ncc(CNCC(O)COC)s1. The number of nitrogens with zero attached hydrogens (tertiary/aromatic N) is 2. The van der Waals surface area contributed by atoms with Gasteiger partial charge in [-0.1, -0.05) is 0 Å². The standard InChI is InChI=1S/C12H23N3O2S/c1-4-15(5-2)12-14-8-11(18-12)7-13-6-10(16)9-17-3/h8,10,13,16H,4-7,9H2,1-3H3. The van der Waals surface area contributed by atoms with Gasteiger partial charge in [-0.2, -0.15) is 0 Å². The molecule has 6 heteroatoms. The van der Waals surface area contributed by atoms with Gasteiger partial charge in [0.1, 0.15) is 0 Å². The molecular formula is C12H23N3O2S. The predicted octanol–water partition coefficient (Wildman–Crippen LogP) is 1.09. The van der Waals surface area contributed by atoms with Crippen LogP contribution in [0.25, 0.3) is 0 Å². The van der Waals surface area contributed by atoms with Crippen molar-refractivity contribution in [3.63, 3.8) is 0 Å². The van der Waals surface area contributed by atoms with Gasteiger partial charge in [-0.3, -0.25) is 0 Å². The number of aliphatic hydroxyl groups is 1. The van der Waals surface area contributed by atoms with E-state index in [1.807, 2.05) is 6.20 Å². The summed E-state index contributed by atoms with van der Waals surface area (Å²) in [6.45, 7) is 7.84. The fourth-order valence-corrected chi connectivity index (χ4v) is 2.64. The van der Waals surface area contributed by atoms with Crippen LogP contribution in [-0.4, -0.2) is 49.5 Å². The third kappa shape index (κ3) is 4.89. The van der Waals surface area contributed by atoms with Gasteiger partial charge in [0.2, 0.25) is 0 Å². The first-order valence-corrected chi connectivity index (χ1v) is 7.10. The molecule has 0 aliphatic carbocycles. The van der Waals surface area contributed by atoms with Gasteiger partial charge in [-0.15, -0.1) is 11.3 Å². The fraction of sp³-hybridized carbons (Fsp3) is 0.750. The minimum Gasteiger partial charge on any atom is -0.389 e. The lowest BCUT2D eigenvalue weighted by molar-refractivity contribution is 0.0644. The van der Waals surface area contributed by atoms with Crippen LogP contribution < -0.4 is 10.2 Å². The van der Waals surface area contributed by atoms with Crippen LogP contribution in [0.15, 0.2) is 6.20 Å². The molecule has 18 heavy (non-hydrogen) atoms. The molecule has 0 radical (unpaired) electrons. The Hall–Kier alpha value is -0.690. The molecule has 1 aromatic rings. The first-order chi connectivity index (χ1) is 8.71. The average molecular weight is 273 g/mol. The van der Waals surface area contributed by atoms with Gasteiger partial charge in [-0.05, 0) is 13.8 Å². The van der Waals surface area contributed by atoms with Crippen molar-refractivity contribution in [3.8, 4) is 0 Å². The van der Waals surface area contributed by atoms with Gasteiger partial charge >= 0.3 is 0 Å². The Morgan fingerprint density at radius 1 is 1.50 bits per heavy atom. The van der Waals surface area contributed by atoms with Crippen molar-refractivity contribution < 1.29 is 9.84 Å². The highest BCUT2D eigenvalue weighted by molar-refractivity contribution is 7.15. The lowest BCUT2D eigenvalue weighted by Gasteiger charge is -2.16. The van der Waals surface area contributed by atoms with E-state index in [4.69, 9.17) is 4.74 Å². The predicted molar refractivity (Wildman–Crippen MR) is 75.3 cm³/mol. The lowest BCUT2D eigenvalue weighted by Crippen LogP contribution is -2.29. The number of hydrogen-bond acceptors (Lipinski definition) is 6. The van der Waals surface area contributed by atoms with E-state index in [1.54, 1.807) is 18.4 Å². The summed E-state index contributed by atoms with van der Waals surface area (Å²) in [7, 11) is 1.59. The summed E-state index contributed by atoms with van der Waals surface area (Å²) in [6.07, 6.45) is 1.44. The molecule has 0 saturated heterocycles. The monoisotopic (exact) mass is 273 g/mol. The fourth-order valence-electron chi connectivity index (χ4n) is 1.63. The quantitative estimate of drug-likeness (QED) is 0.705. The summed E-state index contributed by atoms with van der Waals surface area (Å²) < 4.78 is 4.86. The van der Waals surface area contributed by atoms with Crippen LogP contribution in [0.3, 0.4) is 0 Å². The molecule has 0 aromatic carbocycles. The largest absolute Gasteiger partial charge is 0.389 e. The maximum absolute atomic E-state index is 9.49. The highest BCUT2D eigenvalue weighted by Crippen LogP contribution is 2.21. The molecule has 1 atom stereocenters. The van der Waals surface area contributed by atoms with Crippen LogP contribution in [0.4, 0.5) is 5.13 Å². The lowest BCUT2D eigenvalue weighted by atomic mass is 10.4. The van der Waals surface area contributed by atoms with Gasteiger partial charge in [0, 0.05) is 44.4 Å². The molecular weight excluding hydrogens is 250 g/mol. The van der Waals surface area contributed by atoms with Crippen molar-refractivity contribution in [2.24, 2.45) is 0 Å². The van der Waals surface area contributed by atoms with Crippen LogP contribution in [0.5, 0.6) is 0 Å². The normalized spacial score (nSPS) is 12.7. The van der Waals surface area contributed by atoms with E-state index in [9.17, 15) is 5.11 Å². The van der Waals surface area contributed by atoms with Crippen molar-refractivity contribution in [1.29, 1.82) is 0 Å². The Bertz CT molecular complexity index is 329. The van der Waals surface area contributed by atoms with E-state index in [1.165, 1.54) is 4.88 Å². The molecule has 1 rings (SSSR count). The highest BCUT2D eigenvalue weighted by Gasteiger charge is 2.08. The Balaban J connectivity index is 2.35. The molecule has 0 saturated carbocycles. The number of rotatable bonds is 9. The van der Waals surface area contributed by atoms with Crippen molar-refractivity contribution in [2.45, 2.75) is 26.5 Å². The van der Waals surface area contributed by atoms with Gasteiger partial charge in [-0.25, -0.2) is 4.98 Å². The Kier molecular flexibility index (Phi) is 7.19. The van der Waals surface area contributed by atoms with Gasteiger partial charge in [0.15, 0.2) is 5.13 Å². The third-order valence-corrected chi connectivity index (χ3v) is 3.67. The molecule has 5 nitrogen and oxygen atoms in total. The van der Waals surface area contributed by atoms with Crippen LogP contribution in [0.2, 0.25) is 0 Å². The first-order valence-electron chi connectivity index (χ1n) is 6.28. The Morgan fingerprint density at radius 2 is 2.22 bits per heavy atom. The third-order valence-electron chi connectivity index (χ3n) is 2.61. The van der Waals surface area contributed by atoms with E-state index in [2.05, 4.69) is 29.0 Å². The molecule has 1 heterocycles. The Labute approximate surface area is 113 Å². The maximum Gasteiger partial charge on any atom is 0.185 e. The topological polar surface area (TPSA) is 57.6 Å². The highest BCUT2D eigenvalue weighted by atomic mass is 32.1. The minimum absolute atomic E-state index is 0.361. The number of methoxy groups -OCH3 is 1. The number of thiazole rings is 1. The molecule has 1 aromatic heterocycles.